The highest BCUT2D eigenvalue weighted by molar-refractivity contribution is 5.76. The number of ether oxygens (including phenoxy) is 1. The minimum absolute atomic E-state index is 0.0856. The molecule has 0 saturated carbocycles. The number of carbonyl (C=O) groups is 1. The molecule has 1 aromatic carbocycles. The summed E-state index contributed by atoms with van der Waals surface area (Å²) in [6, 6.07) is 8.30. The van der Waals surface area contributed by atoms with Gasteiger partial charge in [-0.2, -0.15) is 0 Å². The van der Waals surface area contributed by atoms with E-state index < -0.39 is 0 Å². The van der Waals surface area contributed by atoms with Gasteiger partial charge in [-0.3, -0.25) is 4.79 Å². The maximum Gasteiger partial charge on any atom is 0.222 e. The molecule has 0 aliphatic carbocycles. The highest BCUT2D eigenvalue weighted by Crippen LogP contribution is 2.14. The third kappa shape index (κ3) is 5.32. The molecule has 1 atom stereocenters. The first-order valence-corrected chi connectivity index (χ1v) is 8.55. The van der Waals surface area contributed by atoms with Crippen LogP contribution in [0.15, 0.2) is 42.9 Å². The van der Waals surface area contributed by atoms with Gasteiger partial charge in [-0.1, -0.05) is 12.1 Å². The first-order valence-electron chi connectivity index (χ1n) is 8.55. The van der Waals surface area contributed by atoms with Gasteiger partial charge in [0.25, 0.3) is 0 Å². The molecule has 1 aromatic heterocycles. The van der Waals surface area contributed by atoms with E-state index in [1.165, 1.54) is 18.5 Å². The van der Waals surface area contributed by atoms with Gasteiger partial charge in [-0.15, -0.1) is 0 Å². The lowest BCUT2D eigenvalue weighted by atomic mass is 10.0. The van der Waals surface area contributed by atoms with Crippen LogP contribution < -0.4 is 0 Å². The van der Waals surface area contributed by atoms with Gasteiger partial charge in [0.05, 0.1) is 13.2 Å². The van der Waals surface area contributed by atoms with Crippen molar-refractivity contribution < 1.29 is 13.9 Å². The molecule has 1 amide bonds. The Hall–Kier alpha value is -2.34. The smallest absolute Gasteiger partial charge is 0.222 e. The first-order chi connectivity index (χ1) is 12.2. The molecule has 6 heteroatoms. The number of hydrogen-bond acceptors (Lipinski definition) is 4. The largest absolute Gasteiger partial charge is 0.379 e. The van der Waals surface area contributed by atoms with Crippen LogP contribution in [0.4, 0.5) is 4.39 Å². The van der Waals surface area contributed by atoms with Gasteiger partial charge in [-0.25, -0.2) is 14.4 Å². The SMILES string of the molecule is O=C(CCc1cccc(F)c1)N1CCOC[C@@H](Cc2ccncn2)C1. The summed E-state index contributed by atoms with van der Waals surface area (Å²) in [4.78, 5) is 22.6. The van der Waals surface area contributed by atoms with Crippen molar-refractivity contribution in [1.82, 2.24) is 14.9 Å². The lowest BCUT2D eigenvalue weighted by Gasteiger charge is -2.23. The van der Waals surface area contributed by atoms with Crippen molar-refractivity contribution in [3.05, 3.63) is 59.9 Å². The molecule has 3 rings (SSSR count). The fourth-order valence-corrected chi connectivity index (χ4v) is 3.07. The summed E-state index contributed by atoms with van der Waals surface area (Å²) in [6.45, 7) is 2.43. The Morgan fingerprint density at radius 2 is 2.28 bits per heavy atom. The highest BCUT2D eigenvalue weighted by Gasteiger charge is 2.22. The zero-order valence-electron chi connectivity index (χ0n) is 14.1. The summed E-state index contributed by atoms with van der Waals surface area (Å²) in [5.41, 5.74) is 1.80. The van der Waals surface area contributed by atoms with Crippen LogP contribution in [0.2, 0.25) is 0 Å². The van der Waals surface area contributed by atoms with Crippen LogP contribution in [-0.4, -0.2) is 47.1 Å². The molecule has 2 heterocycles. The van der Waals surface area contributed by atoms with E-state index in [2.05, 4.69) is 9.97 Å². The molecule has 1 aliphatic rings. The Balaban J connectivity index is 1.55. The van der Waals surface area contributed by atoms with E-state index in [4.69, 9.17) is 4.74 Å². The highest BCUT2D eigenvalue weighted by atomic mass is 19.1. The normalized spacial score (nSPS) is 18.0. The van der Waals surface area contributed by atoms with Gasteiger partial charge in [0.15, 0.2) is 0 Å². The van der Waals surface area contributed by atoms with Gasteiger partial charge in [0.1, 0.15) is 12.1 Å². The van der Waals surface area contributed by atoms with Crippen LogP contribution in [0.1, 0.15) is 17.7 Å². The molecule has 132 valence electrons. The summed E-state index contributed by atoms with van der Waals surface area (Å²) < 4.78 is 18.9. The van der Waals surface area contributed by atoms with Crippen LogP contribution in [0.5, 0.6) is 0 Å². The molecule has 1 saturated heterocycles. The topological polar surface area (TPSA) is 55.3 Å². The first kappa shape index (κ1) is 17.5. The second kappa shape index (κ2) is 8.67. The van der Waals surface area contributed by atoms with Crippen molar-refractivity contribution in [2.24, 2.45) is 5.92 Å². The number of benzene rings is 1. The van der Waals surface area contributed by atoms with Gasteiger partial charge < -0.3 is 9.64 Å². The number of carbonyl (C=O) groups excluding carboxylic acids is 1. The third-order valence-electron chi connectivity index (χ3n) is 4.35. The van der Waals surface area contributed by atoms with Crippen LogP contribution in [-0.2, 0) is 22.4 Å². The second-order valence-corrected chi connectivity index (χ2v) is 6.32. The zero-order chi connectivity index (χ0) is 17.5. The molecule has 0 radical (unpaired) electrons. The number of rotatable bonds is 5. The molecule has 0 spiro atoms. The van der Waals surface area contributed by atoms with E-state index >= 15 is 0 Å². The Morgan fingerprint density at radius 1 is 1.36 bits per heavy atom. The van der Waals surface area contributed by atoms with Crippen molar-refractivity contribution in [3.63, 3.8) is 0 Å². The van der Waals surface area contributed by atoms with E-state index in [0.29, 0.717) is 39.1 Å². The molecule has 1 fully saturated rings. The number of amides is 1. The number of hydrogen-bond donors (Lipinski definition) is 0. The fourth-order valence-electron chi connectivity index (χ4n) is 3.07. The molecular formula is C19H22FN3O2. The van der Waals surface area contributed by atoms with Crippen molar-refractivity contribution in [2.75, 3.05) is 26.3 Å². The molecule has 0 unspecified atom stereocenters. The van der Waals surface area contributed by atoms with Gasteiger partial charge >= 0.3 is 0 Å². The average Bonchev–Trinajstić information content (AvgIpc) is 2.86. The Morgan fingerprint density at radius 3 is 3.08 bits per heavy atom. The molecule has 5 nitrogen and oxygen atoms in total. The molecule has 25 heavy (non-hydrogen) atoms. The van der Waals surface area contributed by atoms with E-state index in [9.17, 15) is 9.18 Å². The molecular weight excluding hydrogens is 321 g/mol. The Kier molecular flexibility index (Phi) is 6.06. The number of aromatic nitrogens is 2. The minimum Gasteiger partial charge on any atom is -0.379 e. The van der Waals surface area contributed by atoms with E-state index in [0.717, 1.165) is 17.7 Å². The van der Waals surface area contributed by atoms with Gasteiger partial charge in [-0.05, 0) is 36.6 Å². The fraction of sp³-hybridized carbons (Fsp3) is 0.421. The van der Waals surface area contributed by atoms with Crippen LogP contribution in [0, 0.1) is 11.7 Å². The lowest BCUT2D eigenvalue weighted by Crippen LogP contribution is -2.36. The molecule has 2 aromatic rings. The quantitative estimate of drug-likeness (QED) is 0.836. The van der Waals surface area contributed by atoms with Crippen LogP contribution in [0.25, 0.3) is 0 Å². The summed E-state index contributed by atoms with van der Waals surface area (Å²) in [5.74, 6) is 0.0380. The summed E-state index contributed by atoms with van der Waals surface area (Å²) in [6.07, 6.45) is 4.95. The second-order valence-electron chi connectivity index (χ2n) is 6.32. The monoisotopic (exact) mass is 343 g/mol. The molecule has 0 bridgehead atoms. The van der Waals surface area contributed by atoms with E-state index in [1.807, 2.05) is 17.0 Å². The maximum atomic E-state index is 13.2. The van der Waals surface area contributed by atoms with Crippen LogP contribution in [0.3, 0.4) is 0 Å². The van der Waals surface area contributed by atoms with E-state index in [-0.39, 0.29) is 17.6 Å². The van der Waals surface area contributed by atoms with E-state index in [1.54, 1.807) is 12.3 Å². The number of nitrogens with zero attached hydrogens (tertiary/aromatic N) is 3. The van der Waals surface area contributed by atoms with Crippen LogP contribution >= 0.6 is 0 Å². The zero-order valence-corrected chi connectivity index (χ0v) is 14.1. The number of aryl methyl sites for hydroxylation is 1. The van der Waals surface area contributed by atoms with Crippen molar-refractivity contribution in [2.45, 2.75) is 19.3 Å². The Labute approximate surface area is 146 Å². The predicted octanol–water partition coefficient (Wildman–Crippen LogP) is 2.27. The molecule has 0 N–H and O–H groups in total. The summed E-state index contributed by atoms with van der Waals surface area (Å²) in [5, 5.41) is 0. The van der Waals surface area contributed by atoms with Crippen molar-refractivity contribution in [3.8, 4) is 0 Å². The summed E-state index contributed by atoms with van der Waals surface area (Å²) >= 11 is 0. The number of halogens is 1. The van der Waals surface area contributed by atoms with Crippen molar-refractivity contribution in [1.29, 1.82) is 0 Å². The van der Waals surface area contributed by atoms with Gasteiger partial charge in [0, 0.05) is 37.3 Å². The lowest BCUT2D eigenvalue weighted by molar-refractivity contribution is -0.131. The van der Waals surface area contributed by atoms with Crippen molar-refractivity contribution >= 4 is 5.91 Å². The third-order valence-corrected chi connectivity index (χ3v) is 4.35. The molecule has 1 aliphatic heterocycles. The average molecular weight is 343 g/mol. The maximum absolute atomic E-state index is 13.2. The predicted molar refractivity (Wildman–Crippen MR) is 91.3 cm³/mol. The van der Waals surface area contributed by atoms with Gasteiger partial charge in [0.2, 0.25) is 5.91 Å². The minimum atomic E-state index is -0.266. The Bertz CT molecular complexity index is 696. The standard InChI is InChI=1S/C19H22FN3O2/c20-17-3-1-2-15(10-17)4-5-19(24)23-8-9-25-13-16(12-23)11-18-6-7-21-14-22-18/h1-3,6-7,10,14,16H,4-5,8-9,11-13H2/t16-/m0/s1. The summed E-state index contributed by atoms with van der Waals surface area (Å²) in [7, 11) is 0.